The van der Waals surface area contributed by atoms with E-state index in [1.165, 1.54) is 52.2 Å². The maximum atomic E-state index is 5.89. The molecule has 2 aliphatic heterocycles. The van der Waals surface area contributed by atoms with Crippen molar-refractivity contribution in [3.63, 3.8) is 0 Å². The molecule has 0 radical (unpaired) electrons. The van der Waals surface area contributed by atoms with Crippen molar-refractivity contribution in [2.24, 2.45) is 5.73 Å². The van der Waals surface area contributed by atoms with Crippen molar-refractivity contribution in [2.75, 3.05) is 59.4 Å². The van der Waals surface area contributed by atoms with Gasteiger partial charge < -0.3 is 15.5 Å². The predicted octanol–water partition coefficient (Wildman–Crippen LogP) is -0.733. The second kappa shape index (κ2) is 5.25. The van der Waals surface area contributed by atoms with Crippen molar-refractivity contribution in [3.05, 3.63) is 0 Å². The number of nitrogens with zero attached hydrogens (tertiary/aromatic N) is 3. The summed E-state index contributed by atoms with van der Waals surface area (Å²) in [5.74, 6) is 0. The van der Waals surface area contributed by atoms with E-state index >= 15 is 0 Å². The molecule has 88 valence electrons. The zero-order chi connectivity index (χ0) is 10.7. The Hall–Kier alpha value is -0.160. The van der Waals surface area contributed by atoms with Crippen molar-refractivity contribution >= 4 is 0 Å². The molecule has 15 heavy (non-hydrogen) atoms. The number of hydrogen-bond acceptors (Lipinski definition) is 4. The van der Waals surface area contributed by atoms with Gasteiger partial charge in [-0.3, -0.25) is 4.90 Å². The molecule has 4 nitrogen and oxygen atoms in total. The lowest BCUT2D eigenvalue weighted by atomic mass is 10.3. The Morgan fingerprint density at radius 3 is 2.27 bits per heavy atom. The molecule has 0 unspecified atom stereocenters. The molecular weight excluding hydrogens is 188 g/mol. The van der Waals surface area contributed by atoms with E-state index in [0.29, 0.717) is 6.04 Å². The molecule has 2 fully saturated rings. The van der Waals surface area contributed by atoms with E-state index in [1.807, 2.05) is 0 Å². The van der Waals surface area contributed by atoms with Crippen molar-refractivity contribution in [2.45, 2.75) is 12.5 Å². The molecule has 2 N–H and O–H groups in total. The lowest BCUT2D eigenvalue weighted by molar-refractivity contribution is 0.140. The summed E-state index contributed by atoms with van der Waals surface area (Å²) < 4.78 is 0. The van der Waals surface area contributed by atoms with Crippen LogP contribution in [0.5, 0.6) is 0 Å². The predicted molar refractivity (Wildman–Crippen MR) is 63.0 cm³/mol. The monoisotopic (exact) mass is 212 g/mol. The Morgan fingerprint density at radius 1 is 1.00 bits per heavy atom. The van der Waals surface area contributed by atoms with Gasteiger partial charge in [-0.1, -0.05) is 0 Å². The highest BCUT2D eigenvalue weighted by molar-refractivity contribution is 4.79. The molecule has 0 amide bonds. The van der Waals surface area contributed by atoms with Crippen molar-refractivity contribution in [1.82, 2.24) is 14.7 Å². The first-order valence-electron chi connectivity index (χ1n) is 6.13. The third kappa shape index (κ3) is 3.41. The summed E-state index contributed by atoms with van der Waals surface area (Å²) in [4.78, 5) is 7.48. The van der Waals surface area contributed by atoms with Crippen LogP contribution in [-0.4, -0.2) is 80.1 Å². The Morgan fingerprint density at radius 2 is 1.67 bits per heavy atom. The maximum absolute atomic E-state index is 5.89. The molecule has 0 spiro atoms. The lowest BCUT2D eigenvalue weighted by Gasteiger charge is -2.33. The second-order valence-electron chi connectivity index (χ2n) is 4.99. The van der Waals surface area contributed by atoms with Crippen LogP contribution in [0.2, 0.25) is 0 Å². The van der Waals surface area contributed by atoms with E-state index in [9.17, 15) is 0 Å². The number of rotatable bonds is 3. The molecule has 4 heteroatoms. The molecule has 2 aliphatic rings. The van der Waals surface area contributed by atoms with Crippen molar-refractivity contribution in [3.8, 4) is 0 Å². The largest absolute Gasteiger partial charge is 0.326 e. The van der Waals surface area contributed by atoms with Gasteiger partial charge in [0.15, 0.2) is 0 Å². The summed E-state index contributed by atoms with van der Waals surface area (Å²) in [6, 6.07) is 0.428. The van der Waals surface area contributed by atoms with Gasteiger partial charge in [-0.15, -0.1) is 0 Å². The highest BCUT2D eigenvalue weighted by Crippen LogP contribution is 2.07. The van der Waals surface area contributed by atoms with Gasteiger partial charge in [0.25, 0.3) is 0 Å². The van der Waals surface area contributed by atoms with Crippen LogP contribution in [0.15, 0.2) is 0 Å². The summed E-state index contributed by atoms with van der Waals surface area (Å²) in [5, 5.41) is 0. The SMILES string of the molecule is CN1CCN(CCN2CC[C@H](N)C2)CC1. The molecule has 0 aliphatic carbocycles. The maximum Gasteiger partial charge on any atom is 0.0180 e. The highest BCUT2D eigenvalue weighted by Gasteiger charge is 2.20. The van der Waals surface area contributed by atoms with Crippen LogP contribution in [0.25, 0.3) is 0 Å². The van der Waals surface area contributed by atoms with Gasteiger partial charge in [0, 0.05) is 51.9 Å². The van der Waals surface area contributed by atoms with Crippen LogP contribution >= 0.6 is 0 Å². The van der Waals surface area contributed by atoms with Gasteiger partial charge in [0.05, 0.1) is 0 Å². The molecule has 0 bridgehead atoms. The smallest absolute Gasteiger partial charge is 0.0180 e. The summed E-state index contributed by atoms with van der Waals surface area (Å²) in [6.45, 7) is 9.65. The van der Waals surface area contributed by atoms with Crippen LogP contribution in [0, 0.1) is 0 Å². The summed E-state index contributed by atoms with van der Waals surface area (Å²) in [6.07, 6.45) is 1.18. The molecule has 0 aromatic rings. The molecule has 2 rings (SSSR count). The molecule has 0 aromatic carbocycles. The van der Waals surface area contributed by atoms with E-state index < -0.39 is 0 Å². The zero-order valence-corrected chi connectivity index (χ0v) is 9.86. The Labute approximate surface area is 93.0 Å². The third-order valence-corrected chi connectivity index (χ3v) is 3.64. The number of likely N-dealkylation sites (tertiary alicyclic amines) is 1. The Bertz CT molecular complexity index is 189. The molecule has 1 atom stereocenters. The van der Waals surface area contributed by atoms with Gasteiger partial charge in [0.2, 0.25) is 0 Å². The van der Waals surface area contributed by atoms with E-state index in [2.05, 4.69) is 21.7 Å². The molecule has 0 aromatic heterocycles. The van der Waals surface area contributed by atoms with Crippen molar-refractivity contribution < 1.29 is 0 Å². The van der Waals surface area contributed by atoms with Crippen molar-refractivity contribution in [1.29, 1.82) is 0 Å². The fourth-order valence-corrected chi connectivity index (χ4v) is 2.42. The lowest BCUT2D eigenvalue weighted by Crippen LogP contribution is -2.46. The van der Waals surface area contributed by atoms with Crippen LogP contribution in [0.3, 0.4) is 0 Å². The van der Waals surface area contributed by atoms with Crippen LogP contribution in [-0.2, 0) is 0 Å². The average Bonchev–Trinajstić information content (AvgIpc) is 2.64. The van der Waals surface area contributed by atoms with Gasteiger partial charge in [0.1, 0.15) is 0 Å². The minimum Gasteiger partial charge on any atom is -0.326 e. The summed E-state index contributed by atoms with van der Waals surface area (Å²) in [7, 11) is 2.21. The summed E-state index contributed by atoms with van der Waals surface area (Å²) >= 11 is 0. The van der Waals surface area contributed by atoms with Gasteiger partial charge in [-0.2, -0.15) is 0 Å². The summed E-state index contributed by atoms with van der Waals surface area (Å²) in [5.41, 5.74) is 5.89. The quantitative estimate of drug-likeness (QED) is 0.669. The first-order valence-corrected chi connectivity index (χ1v) is 6.13. The van der Waals surface area contributed by atoms with E-state index in [0.717, 1.165) is 6.54 Å². The standard InChI is InChI=1S/C11H24N4/c1-13-4-6-14(7-5-13)8-9-15-3-2-11(12)10-15/h11H,2-10,12H2,1H3/t11-/m0/s1. The first kappa shape index (κ1) is 11.3. The fourth-order valence-electron chi connectivity index (χ4n) is 2.42. The average molecular weight is 212 g/mol. The van der Waals surface area contributed by atoms with E-state index in [-0.39, 0.29) is 0 Å². The minimum atomic E-state index is 0.428. The van der Waals surface area contributed by atoms with E-state index in [1.54, 1.807) is 0 Å². The van der Waals surface area contributed by atoms with Gasteiger partial charge in [-0.05, 0) is 20.0 Å². The number of likely N-dealkylation sites (N-methyl/N-ethyl adjacent to an activating group) is 1. The molecule has 2 heterocycles. The van der Waals surface area contributed by atoms with Gasteiger partial charge >= 0.3 is 0 Å². The highest BCUT2D eigenvalue weighted by atomic mass is 15.3. The zero-order valence-electron chi connectivity index (χ0n) is 9.86. The van der Waals surface area contributed by atoms with Crippen LogP contribution in [0.1, 0.15) is 6.42 Å². The minimum absolute atomic E-state index is 0.428. The number of nitrogens with two attached hydrogens (primary N) is 1. The first-order chi connectivity index (χ1) is 7.24. The number of hydrogen-bond donors (Lipinski definition) is 1. The Kier molecular flexibility index (Phi) is 3.97. The van der Waals surface area contributed by atoms with E-state index in [4.69, 9.17) is 5.73 Å². The molecular formula is C11H24N4. The molecule has 0 saturated carbocycles. The number of piperazine rings is 1. The van der Waals surface area contributed by atoms with Gasteiger partial charge in [-0.25, -0.2) is 0 Å². The third-order valence-electron chi connectivity index (χ3n) is 3.64. The molecule has 2 saturated heterocycles. The van der Waals surface area contributed by atoms with Crippen LogP contribution < -0.4 is 5.73 Å². The van der Waals surface area contributed by atoms with Crippen LogP contribution in [0.4, 0.5) is 0 Å². The normalized spacial score (nSPS) is 31.2. The fraction of sp³-hybridized carbons (Fsp3) is 1.00. The Balaban J connectivity index is 1.61. The second-order valence-corrected chi connectivity index (χ2v) is 4.99. The topological polar surface area (TPSA) is 35.7 Å².